The summed E-state index contributed by atoms with van der Waals surface area (Å²) in [6.07, 6.45) is 2.70. The molecule has 0 bridgehead atoms. The first kappa shape index (κ1) is 14.8. The molecule has 0 atom stereocenters. The van der Waals surface area contributed by atoms with Crippen LogP contribution in [-0.2, 0) is 10.2 Å². The zero-order valence-electron chi connectivity index (χ0n) is 9.91. The van der Waals surface area contributed by atoms with Crippen LogP contribution < -0.4 is 10.0 Å². The molecule has 0 amide bonds. The van der Waals surface area contributed by atoms with Crippen molar-refractivity contribution in [2.24, 2.45) is 0 Å². The minimum atomic E-state index is -3.26. The van der Waals surface area contributed by atoms with E-state index < -0.39 is 10.2 Å². The van der Waals surface area contributed by atoms with Gasteiger partial charge in [0.05, 0.1) is 0 Å². The largest absolute Gasteiger partial charge is 0.320 e. The lowest BCUT2D eigenvalue weighted by atomic mass is 10.3. The van der Waals surface area contributed by atoms with Crippen molar-refractivity contribution in [3.8, 4) is 0 Å². The van der Waals surface area contributed by atoms with Gasteiger partial charge in [0.25, 0.3) is 10.2 Å². The van der Waals surface area contributed by atoms with Crippen molar-refractivity contribution in [1.82, 2.24) is 14.3 Å². The van der Waals surface area contributed by atoms with Crippen LogP contribution in [0.2, 0.25) is 0 Å². The maximum Gasteiger partial charge on any atom is 0.279 e. The maximum absolute atomic E-state index is 11.6. The highest BCUT2D eigenvalue weighted by Crippen LogP contribution is 1.97. The summed E-state index contributed by atoms with van der Waals surface area (Å²) in [5.41, 5.74) is 0. The molecule has 0 saturated carbocycles. The fraction of sp³-hybridized carbons (Fsp3) is 1.00. The van der Waals surface area contributed by atoms with Gasteiger partial charge in [-0.15, -0.1) is 0 Å². The van der Waals surface area contributed by atoms with Crippen molar-refractivity contribution in [2.45, 2.75) is 26.2 Å². The smallest absolute Gasteiger partial charge is 0.279 e. The highest BCUT2D eigenvalue weighted by Gasteiger charge is 2.15. The second-order valence-corrected chi connectivity index (χ2v) is 5.39. The lowest BCUT2D eigenvalue weighted by Crippen LogP contribution is -2.39. The van der Waals surface area contributed by atoms with Gasteiger partial charge in [0.2, 0.25) is 0 Å². The van der Waals surface area contributed by atoms with Gasteiger partial charge in [-0.05, 0) is 26.4 Å². The molecule has 0 aromatic rings. The number of rotatable bonds is 9. The Bertz CT molecular complexity index is 242. The third-order valence-corrected chi connectivity index (χ3v) is 3.70. The van der Waals surface area contributed by atoms with E-state index in [1.807, 2.05) is 14.0 Å². The lowest BCUT2D eigenvalue weighted by molar-refractivity contribution is 0.448. The van der Waals surface area contributed by atoms with Crippen molar-refractivity contribution in [3.63, 3.8) is 0 Å². The van der Waals surface area contributed by atoms with E-state index in [1.165, 1.54) is 4.31 Å². The van der Waals surface area contributed by atoms with Gasteiger partial charge in [-0.1, -0.05) is 13.3 Å². The van der Waals surface area contributed by atoms with E-state index in [9.17, 15) is 8.42 Å². The van der Waals surface area contributed by atoms with E-state index in [-0.39, 0.29) is 0 Å². The Balaban J connectivity index is 3.84. The summed E-state index contributed by atoms with van der Waals surface area (Å²) < 4.78 is 27.1. The molecule has 0 aromatic carbocycles. The predicted octanol–water partition coefficient (Wildman–Crippen LogP) is 0.162. The molecule has 0 aliphatic heterocycles. The summed E-state index contributed by atoms with van der Waals surface area (Å²) in [6, 6.07) is 0. The zero-order chi connectivity index (χ0) is 11.7. The topological polar surface area (TPSA) is 61.4 Å². The van der Waals surface area contributed by atoms with Crippen molar-refractivity contribution in [2.75, 3.05) is 33.7 Å². The molecule has 5 nitrogen and oxygen atoms in total. The Labute approximate surface area is 93.4 Å². The fourth-order valence-corrected chi connectivity index (χ4v) is 2.07. The van der Waals surface area contributed by atoms with Crippen LogP contribution in [0, 0.1) is 0 Å². The van der Waals surface area contributed by atoms with Gasteiger partial charge in [0, 0.05) is 20.1 Å². The Morgan fingerprint density at radius 2 is 1.87 bits per heavy atom. The third kappa shape index (κ3) is 6.83. The number of hydrogen-bond donors (Lipinski definition) is 2. The number of hydrogen-bond acceptors (Lipinski definition) is 3. The van der Waals surface area contributed by atoms with Gasteiger partial charge in [0.1, 0.15) is 0 Å². The molecule has 0 rings (SSSR count). The van der Waals surface area contributed by atoms with Crippen molar-refractivity contribution >= 4 is 10.2 Å². The molecule has 0 aliphatic carbocycles. The van der Waals surface area contributed by atoms with Gasteiger partial charge < -0.3 is 5.32 Å². The molecule has 0 radical (unpaired) electrons. The van der Waals surface area contributed by atoms with Gasteiger partial charge in [-0.3, -0.25) is 0 Å². The van der Waals surface area contributed by atoms with Crippen molar-refractivity contribution < 1.29 is 8.42 Å². The van der Waals surface area contributed by atoms with E-state index >= 15 is 0 Å². The van der Waals surface area contributed by atoms with Crippen LogP contribution in [0.4, 0.5) is 0 Å². The molecule has 15 heavy (non-hydrogen) atoms. The molecule has 0 spiro atoms. The first-order valence-electron chi connectivity index (χ1n) is 5.40. The Hall–Kier alpha value is -0.170. The van der Waals surface area contributed by atoms with Crippen molar-refractivity contribution in [3.05, 3.63) is 0 Å². The Morgan fingerprint density at radius 1 is 1.20 bits per heavy atom. The molecule has 0 aliphatic rings. The molecule has 6 heteroatoms. The number of nitrogens with one attached hydrogen (secondary N) is 2. The second-order valence-electron chi connectivity index (χ2n) is 3.53. The minimum Gasteiger partial charge on any atom is -0.320 e. The number of unbranched alkanes of at least 4 members (excludes halogenated alkanes) is 1. The highest BCUT2D eigenvalue weighted by molar-refractivity contribution is 7.87. The van der Waals surface area contributed by atoms with Crippen LogP contribution in [-0.4, -0.2) is 46.5 Å². The van der Waals surface area contributed by atoms with E-state index in [0.29, 0.717) is 13.1 Å². The van der Waals surface area contributed by atoms with Gasteiger partial charge >= 0.3 is 0 Å². The highest BCUT2D eigenvalue weighted by atomic mass is 32.2. The lowest BCUT2D eigenvalue weighted by Gasteiger charge is -2.17. The van der Waals surface area contributed by atoms with E-state index in [1.54, 1.807) is 7.05 Å². The molecule has 0 unspecified atom stereocenters. The second kappa shape index (κ2) is 8.04. The minimum absolute atomic E-state index is 0.486. The van der Waals surface area contributed by atoms with Crippen LogP contribution >= 0.6 is 0 Å². The molecular weight excluding hydrogens is 214 g/mol. The third-order valence-electron chi connectivity index (χ3n) is 2.12. The molecule has 2 N–H and O–H groups in total. The SMILES string of the molecule is CCCCN(C)S(=O)(=O)NCCCNC. The quantitative estimate of drug-likeness (QED) is 0.562. The molecule has 92 valence electrons. The molecule has 0 fully saturated rings. The summed E-state index contributed by atoms with van der Waals surface area (Å²) in [6.45, 7) is 3.93. The first-order valence-corrected chi connectivity index (χ1v) is 6.84. The van der Waals surface area contributed by atoms with E-state index in [0.717, 1.165) is 25.8 Å². The molecular formula is C9H23N3O2S. The molecule has 0 heterocycles. The fourth-order valence-electron chi connectivity index (χ4n) is 1.08. The monoisotopic (exact) mass is 237 g/mol. The van der Waals surface area contributed by atoms with Crippen LogP contribution in [0.5, 0.6) is 0 Å². The maximum atomic E-state index is 11.6. The summed E-state index contributed by atoms with van der Waals surface area (Å²) in [4.78, 5) is 0. The Kier molecular flexibility index (Phi) is 7.95. The summed E-state index contributed by atoms with van der Waals surface area (Å²) >= 11 is 0. The molecule has 0 aromatic heterocycles. The van der Waals surface area contributed by atoms with Crippen LogP contribution in [0.15, 0.2) is 0 Å². The normalized spacial score (nSPS) is 12.3. The zero-order valence-corrected chi connectivity index (χ0v) is 10.7. The van der Waals surface area contributed by atoms with Crippen LogP contribution in [0.25, 0.3) is 0 Å². The summed E-state index contributed by atoms with van der Waals surface area (Å²) in [5, 5.41) is 2.97. The molecule has 0 saturated heterocycles. The van der Waals surface area contributed by atoms with E-state index in [2.05, 4.69) is 10.0 Å². The average molecular weight is 237 g/mol. The first-order chi connectivity index (χ1) is 7.04. The predicted molar refractivity (Wildman–Crippen MR) is 63.0 cm³/mol. The van der Waals surface area contributed by atoms with Gasteiger partial charge in [-0.2, -0.15) is 12.7 Å². The summed E-state index contributed by atoms with van der Waals surface area (Å²) in [5.74, 6) is 0. The van der Waals surface area contributed by atoms with Gasteiger partial charge in [0.15, 0.2) is 0 Å². The average Bonchev–Trinajstić information content (AvgIpc) is 2.21. The Morgan fingerprint density at radius 3 is 2.40 bits per heavy atom. The van der Waals surface area contributed by atoms with E-state index in [4.69, 9.17) is 0 Å². The number of nitrogens with zero attached hydrogens (tertiary/aromatic N) is 1. The van der Waals surface area contributed by atoms with Crippen LogP contribution in [0.1, 0.15) is 26.2 Å². The van der Waals surface area contributed by atoms with Gasteiger partial charge in [-0.25, -0.2) is 4.72 Å². The van der Waals surface area contributed by atoms with Crippen molar-refractivity contribution in [1.29, 1.82) is 0 Å². The summed E-state index contributed by atoms with van der Waals surface area (Å²) in [7, 11) is 0.199. The van der Waals surface area contributed by atoms with Crippen LogP contribution in [0.3, 0.4) is 0 Å². The standard InChI is InChI=1S/C9H23N3O2S/c1-4-5-9-12(3)15(13,14)11-8-6-7-10-2/h10-11H,4-9H2,1-3H3.